The third-order valence-corrected chi connectivity index (χ3v) is 4.49. The highest BCUT2D eigenvalue weighted by Crippen LogP contribution is 2.26. The molecule has 1 aliphatic rings. The number of carbonyl (C=O) groups is 1. The fourth-order valence-corrected chi connectivity index (χ4v) is 3.14. The molecule has 8 heteroatoms. The second kappa shape index (κ2) is 7.48. The van der Waals surface area contributed by atoms with E-state index in [4.69, 9.17) is 0 Å². The maximum Gasteiger partial charge on any atom is 0.222 e. The summed E-state index contributed by atoms with van der Waals surface area (Å²) in [7, 11) is 1.86. The van der Waals surface area contributed by atoms with Gasteiger partial charge in [0.05, 0.1) is 5.69 Å². The number of amides is 1. The highest BCUT2D eigenvalue weighted by atomic mass is 16.3. The molecule has 24 heavy (non-hydrogen) atoms. The van der Waals surface area contributed by atoms with E-state index in [-0.39, 0.29) is 18.4 Å². The van der Waals surface area contributed by atoms with Crippen LogP contribution in [0.25, 0.3) is 0 Å². The predicted molar refractivity (Wildman–Crippen MR) is 85.8 cm³/mol. The van der Waals surface area contributed by atoms with Crippen LogP contribution in [0.4, 0.5) is 0 Å². The van der Waals surface area contributed by atoms with Crippen molar-refractivity contribution in [1.29, 1.82) is 0 Å². The van der Waals surface area contributed by atoms with Crippen LogP contribution >= 0.6 is 0 Å². The summed E-state index contributed by atoms with van der Waals surface area (Å²) in [6, 6.07) is 0. The van der Waals surface area contributed by atoms with E-state index >= 15 is 0 Å². The van der Waals surface area contributed by atoms with Gasteiger partial charge in [-0.15, -0.1) is 10.2 Å². The van der Waals surface area contributed by atoms with Crippen LogP contribution in [0.15, 0.2) is 18.6 Å². The lowest BCUT2D eigenvalue weighted by atomic mass is 9.96. The van der Waals surface area contributed by atoms with Crippen LogP contribution in [0.1, 0.15) is 42.5 Å². The first-order valence-electron chi connectivity index (χ1n) is 8.20. The number of nitrogens with zero attached hydrogens (tertiary/aromatic N) is 6. The van der Waals surface area contributed by atoms with E-state index in [1.54, 1.807) is 18.6 Å². The maximum atomic E-state index is 12.5. The number of carbonyl (C=O) groups excluding carboxylic acids is 1. The topological polar surface area (TPSA) is 97.0 Å². The first-order valence-corrected chi connectivity index (χ1v) is 8.20. The van der Waals surface area contributed by atoms with Gasteiger partial charge < -0.3 is 14.6 Å². The second-order valence-electron chi connectivity index (χ2n) is 6.07. The van der Waals surface area contributed by atoms with Crippen molar-refractivity contribution in [1.82, 2.24) is 29.6 Å². The van der Waals surface area contributed by atoms with Crippen molar-refractivity contribution >= 4 is 5.91 Å². The molecule has 1 aliphatic heterocycles. The quantitative estimate of drug-likeness (QED) is 0.854. The van der Waals surface area contributed by atoms with Crippen LogP contribution < -0.4 is 0 Å². The van der Waals surface area contributed by atoms with Gasteiger partial charge in [0.15, 0.2) is 5.82 Å². The SMILES string of the molecule is Cn1c(CO)nnc1C1CCCN(C(=O)CCc2cnccn2)C1. The monoisotopic (exact) mass is 330 g/mol. The minimum Gasteiger partial charge on any atom is -0.388 e. The number of likely N-dealkylation sites (tertiary alicyclic amines) is 1. The lowest BCUT2D eigenvalue weighted by molar-refractivity contribution is -0.132. The van der Waals surface area contributed by atoms with Crippen molar-refractivity contribution in [3.8, 4) is 0 Å². The molecule has 2 aromatic rings. The Morgan fingerprint density at radius 1 is 1.38 bits per heavy atom. The Hall–Kier alpha value is -2.35. The summed E-state index contributed by atoms with van der Waals surface area (Å²) in [5.74, 6) is 1.69. The van der Waals surface area contributed by atoms with Gasteiger partial charge in [-0.3, -0.25) is 14.8 Å². The lowest BCUT2D eigenvalue weighted by Gasteiger charge is -2.32. The summed E-state index contributed by atoms with van der Waals surface area (Å²) in [6.45, 7) is 1.30. The molecule has 1 amide bonds. The van der Waals surface area contributed by atoms with Crippen molar-refractivity contribution in [3.05, 3.63) is 35.9 Å². The molecule has 0 saturated carbocycles. The van der Waals surface area contributed by atoms with Gasteiger partial charge in [0.1, 0.15) is 12.4 Å². The predicted octanol–water partition coefficient (Wildman–Crippen LogP) is 0.436. The fraction of sp³-hybridized carbons (Fsp3) is 0.562. The number of hydrogen-bond donors (Lipinski definition) is 1. The smallest absolute Gasteiger partial charge is 0.222 e. The third-order valence-electron chi connectivity index (χ3n) is 4.49. The van der Waals surface area contributed by atoms with E-state index in [0.29, 0.717) is 25.2 Å². The number of piperidine rings is 1. The summed E-state index contributed by atoms with van der Waals surface area (Å²) < 4.78 is 1.83. The van der Waals surface area contributed by atoms with Gasteiger partial charge >= 0.3 is 0 Å². The molecule has 1 fully saturated rings. The molecule has 1 saturated heterocycles. The standard InChI is InChI=1S/C16H22N6O2/c1-21-14(11-23)19-20-16(21)12-3-2-8-22(10-12)15(24)5-4-13-9-17-6-7-18-13/h6-7,9,12,23H,2-5,8,10-11H2,1H3. The van der Waals surface area contributed by atoms with Gasteiger partial charge in [0.25, 0.3) is 0 Å². The van der Waals surface area contributed by atoms with Gasteiger partial charge in [0.2, 0.25) is 5.91 Å². The molecule has 1 atom stereocenters. The first kappa shape index (κ1) is 16.5. The Kier molecular flexibility index (Phi) is 5.14. The second-order valence-corrected chi connectivity index (χ2v) is 6.07. The molecule has 128 valence electrons. The Bertz CT molecular complexity index is 687. The van der Waals surface area contributed by atoms with Crippen LogP contribution in [0.5, 0.6) is 0 Å². The molecule has 1 unspecified atom stereocenters. The normalized spacial score (nSPS) is 17.9. The molecular weight excluding hydrogens is 308 g/mol. The number of aliphatic hydroxyl groups excluding tert-OH is 1. The van der Waals surface area contributed by atoms with Gasteiger partial charge in [-0.1, -0.05) is 0 Å². The molecule has 0 bridgehead atoms. The van der Waals surface area contributed by atoms with Crippen LogP contribution in [-0.4, -0.2) is 53.7 Å². The van der Waals surface area contributed by atoms with Crippen molar-refractivity contribution in [2.45, 2.75) is 38.2 Å². The Balaban J connectivity index is 1.60. The summed E-state index contributed by atoms with van der Waals surface area (Å²) in [5, 5.41) is 17.4. The Morgan fingerprint density at radius 3 is 2.96 bits per heavy atom. The molecule has 0 spiro atoms. The third kappa shape index (κ3) is 3.59. The van der Waals surface area contributed by atoms with Crippen LogP contribution in [0.2, 0.25) is 0 Å². The Labute approximate surface area is 140 Å². The summed E-state index contributed by atoms with van der Waals surface area (Å²) in [5.41, 5.74) is 0.834. The van der Waals surface area contributed by atoms with Crippen molar-refractivity contribution < 1.29 is 9.90 Å². The van der Waals surface area contributed by atoms with Gasteiger partial charge in [-0.25, -0.2) is 0 Å². The van der Waals surface area contributed by atoms with E-state index in [0.717, 1.165) is 30.9 Å². The number of aryl methyl sites for hydroxylation is 1. The van der Waals surface area contributed by atoms with E-state index in [2.05, 4.69) is 20.2 Å². The number of rotatable bonds is 5. The molecule has 0 aromatic carbocycles. The largest absolute Gasteiger partial charge is 0.388 e. The maximum absolute atomic E-state index is 12.5. The van der Waals surface area contributed by atoms with E-state index in [1.165, 1.54) is 0 Å². The average molecular weight is 330 g/mol. The first-order chi connectivity index (χ1) is 11.7. The number of aromatic nitrogens is 5. The zero-order valence-electron chi connectivity index (χ0n) is 13.8. The average Bonchev–Trinajstić information content (AvgIpc) is 3.01. The van der Waals surface area contributed by atoms with Crippen LogP contribution in [0.3, 0.4) is 0 Å². The summed E-state index contributed by atoms with van der Waals surface area (Å²) >= 11 is 0. The fourth-order valence-electron chi connectivity index (χ4n) is 3.14. The van der Waals surface area contributed by atoms with Crippen LogP contribution in [0, 0.1) is 0 Å². The van der Waals surface area contributed by atoms with Gasteiger partial charge in [-0.05, 0) is 19.3 Å². The van der Waals surface area contributed by atoms with E-state index < -0.39 is 0 Å². The minimum atomic E-state index is -0.128. The molecule has 0 radical (unpaired) electrons. The van der Waals surface area contributed by atoms with E-state index in [1.807, 2.05) is 16.5 Å². The summed E-state index contributed by atoms with van der Waals surface area (Å²) in [6.07, 6.45) is 7.93. The van der Waals surface area contributed by atoms with Crippen LogP contribution in [-0.2, 0) is 24.9 Å². The Morgan fingerprint density at radius 2 is 2.25 bits per heavy atom. The van der Waals surface area contributed by atoms with Crippen molar-refractivity contribution in [2.75, 3.05) is 13.1 Å². The highest BCUT2D eigenvalue weighted by Gasteiger charge is 2.28. The molecule has 1 N–H and O–H groups in total. The van der Waals surface area contributed by atoms with Crippen molar-refractivity contribution in [2.24, 2.45) is 7.05 Å². The highest BCUT2D eigenvalue weighted by molar-refractivity contribution is 5.76. The molecule has 3 heterocycles. The zero-order valence-corrected chi connectivity index (χ0v) is 13.8. The lowest BCUT2D eigenvalue weighted by Crippen LogP contribution is -2.39. The number of hydrogen-bond acceptors (Lipinski definition) is 6. The van der Waals surface area contributed by atoms with E-state index in [9.17, 15) is 9.90 Å². The molecule has 3 rings (SSSR count). The molecule has 2 aromatic heterocycles. The minimum absolute atomic E-state index is 0.128. The van der Waals surface area contributed by atoms with Gasteiger partial charge in [0, 0.05) is 51.1 Å². The molecule has 0 aliphatic carbocycles. The zero-order chi connectivity index (χ0) is 16.9. The number of aliphatic hydroxyl groups is 1. The molecular formula is C16H22N6O2. The van der Waals surface area contributed by atoms with Crippen molar-refractivity contribution in [3.63, 3.8) is 0 Å². The summed E-state index contributed by atoms with van der Waals surface area (Å²) in [4.78, 5) is 22.6. The molecule has 8 nitrogen and oxygen atoms in total. The van der Waals surface area contributed by atoms with Gasteiger partial charge in [-0.2, -0.15) is 0 Å².